The third-order valence-corrected chi connectivity index (χ3v) is 4.54. The van der Waals surface area contributed by atoms with E-state index in [9.17, 15) is 9.18 Å². The maximum atomic E-state index is 14.8. The van der Waals surface area contributed by atoms with Crippen LogP contribution in [0.15, 0.2) is 6.33 Å². The summed E-state index contributed by atoms with van der Waals surface area (Å²) in [5.41, 5.74) is 4.87. The molecule has 2 fully saturated rings. The molecule has 23 heavy (non-hydrogen) atoms. The molecule has 1 aliphatic heterocycles. The van der Waals surface area contributed by atoms with Gasteiger partial charge in [0, 0.05) is 12.8 Å². The largest absolute Gasteiger partial charge is 0.463 e. The van der Waals surface area contributed by atoms with E-state index in [4.69, 9.17) is 26.8 Å². The highest BCUT2D eigenvalue weighted by molar-refractivity contribution is 6.33. The summed E-state index contributed by atoms with van der Waals surface area (Å²) in [4.78, 5) is 23.0. The van der Waals surface area contributed by atoms with E-state index in [1.807, 2.05) is 0 Å². The second-order valence-corrected chi connectivity index (χ2v) is 6.11. The fourth-order valence-electron chi connectivity index (χ4n) is 3.08. The number of aromatic nitrogens is 4. The predicted octanol–water partition coefficient (Wildman–Crippen LogP) is 1.25. The Morgan fingerprint density at radius 1 is 1.65 bits per heavy atom. The standard InChI is InChI=1S/C13H13ClFN5O3/c1-5(21)22-3-7-13(15)2-6(13)11(23-7)20-4-17-8-9(14)18-12(16)19-10(8)20/h4,6-7,11H,2-3H2,1H3,(H2,16,18,19)/t6-,7-,11-,13+/m1/s1. The number of alkyl halides is 1. The van der Waals surface area contributed by atoms with Crippen molar-refractivity contribution in [2.24, 2.45) is 5.92 Å². The van der Waals surface area contributed by atoms with Crippen LogP contribution in [0.3, 0.4) is 0 Å². The molecule has 0 spiro atoms. The molecule has 1 aliphatic carbocycles. The van der Waals surface area contributed by atoms with Crippen LogP contribution < -0.4 is 5.73 Å². The average molecular weight is 342 g/mol. The minimum atomic E-state index is -1.50. The summed E-state index contributed by atoms with van der Waals surface area (Å²) in [7, 11) is 0. The Morgan fingerprint density at radius 2 is 2.43 bits per heavy atom. The van der Waals surface area contributed by atoms with Crippen molar-refractivity contribution in [3.63, 3.8) is 0 Å². The quantitative estimate of drug-likeness (QED) is 0.661. The number of esters is 1. The van der Waals surface area contributed by atoms with Gasteiger partial charge in [-0.1, -0.05) is 11.6 Å². The van der Waals surface area contributed by atoms with Gasteiger partial charge >= 0.3 is 5.97 Å². The van der Waals surface area contributed by atoms with Gasteiger partial charge in [-0.05, 0) is 6.42 Å². The van der Waals surface area contributed by atoms with Crippen LogP contribution in [0.1, 0.15) is 19.6 Å². The topological polar surface area (TPSA) is 105 Å². The number of halogens is 2. The molecular formula is C13H13ClFN5O3. The van der Waals surface area contributed by atoms with E-state index in [0.717, 1.165) is 0 Å². The highest BCUT2D eigenvalue weighted by Crippen LogP contribution is 2.62. The smallest absolute Gasteiger partial charge is 0.302 e. The van der Waals surface area contributed by atoms with Gasteiger partial charge in [-0.2, -0.15) is 9.97 Å². The van der Waals surface area contributed by atoms with Crippen LogP contribution in [-0.2, 0) is 14.3 Å². The summed E-state index contributed by atoms with van der Waals surface area (Å²) in [6.45, 7) is 1.15. The summed E-state index contributed by atoms with van der Waals surface area (Å²) < 4.78 is 27.0. The van der Waals surface area contributed by atoms with Crippen molar-refractivity contribution >= 4 is 34.7 Å². The number of carbonyl (C=O) groups excluding carboxylic acids is 1. The number of fused-ring (bicyclic) bond motifs is 2. The number of nitrogens with zero attached hydrogens (tertiary/aromatic N) is 4. The number of nitrogen functional groups attached to an aromatic ring is 1. The maximum absolute atomic E-state index is 14.8. The lowest BCUT2D eigenvalue weighted by molar-refractivity contribution is -0.148. The van der Waals surface area contributed by atoms with Gasteiger partial charge in [0.2, 0.25) is 5.95 Å². The number of ether oxygens (including phenoxy) is 2. The molecule has 1 saturated heterocycles. The van der Waals surface area contributed by atoms with E-state index < -0.39 is 24.0 Å². The molecule has 1 saturated carbocycles. The molecule has 0 unspecified atom stereocenters. The number of nitrogens with two attached hydrogens (primary N) is 1. The second kappa shape index (κ2) is 4.75. The lowest BCUT2D eigenvalue weighted by atomic mass is 10.2. The minimum absolute atomic E-state index is 0.000943. The number of hydrogen-bond acceptors (Lipinski definition) is 7. The van der Waals surface area contributed by atoms with Crippen LogP contribution in [0.4, 0.5) is 10.3 Å². The molecule has 2 N–H and O–H groups in total. The SMILES string of the molecule is CC(=O)OC[C@H]1O[C@@H](n2cnc3c(Cl)nc(N)nc32)[C@H]2C[C@]21F. The zero-order valence-electron chi connectivity index (χ0n) is 12.1. The first-order chi connectivity index (χ1) is 10.9. The number of hydrogen-bond donors (Lipinski definition) is 1. The van der Waals surface area contributed by atoms with Crippen LogP contribution in [-0.4, -0.2) is 43.9 Å². The normalized spacial score (nSPS) is 32.0. The highest BCUT2D eigenvalue weighted by Gasteiger charge is 2.71. The highest BCUT2D eigenvalue weighted by atomic mass is 35.5. The number of carbonyl (C=O) groups is 1. The zero-order chi connectivity index (χ0) is 16.4. The van der Waals surface area contributed by atoms with Gasteiger partial charge in [-0.15, -0.1) is 0 Å². The van der Waals surface area contributed by atoms with Crippen molar-refractivity contribution in [3.8, 4) is 0 Å². The van der Waals surface area contributed by atoms with Crippen molar-refractivity contribution < 1.29 is 18.7 Å². The van der Waals surface area contributed by atoms with Gasteiger partial charge in [0.1, 0.15) is 30.1 Å². The Bertz CT molecular complexity index is 814. The van der Waals surface area contributed by atoms with E-state index in [1.165, 1.54) is 13.3 Å². The molecule has 4 atom stereocenters. The van der Waals surface area contributed by atoms with Gasteiger partial charge in [0.25, 0.3) is 0 Å². The molecule has 0 radical (unpaired) electrons. The van der Waals surface area contributed by atoms with Gasteiger partial charge in [-0.3, -0.25) is 9.36 Å². The molecule has 2 aliphatic rings. The number of anilines is 1. The van der Waals surface area contributed by atoms with Gasteiger partial charge in [0.05, 0.1) is 6.33 Å². The lowest BCUT2D eigenvalue weighted by Gasteiger charge is -2.19. The lowest BCUT2D eigenvalue weighted by Crippen LogP contribution is -2.29. The Labute approximate surface area is 134 Å². The van der Waals surface area contributed by atoms with Crippen LogP contribution in [0.25, 0.3) is 11.2 Å². The van der Waals surface area contributed by atoms with Crippen LogP contribution in [0.5, 0.6) is 0 Å². The predicted molar refractivity (Wildman–Crippen MR) is 77.2 cm³/mol. The first-order valence-corrected chi connectivity index (χ1v) is 7.41. The Hall–Kier alpha value is -2.00. The van der Waals surface area contributed by atoms with E-state index in [2.05, 4.69) is 15.0 Å². The van der Waals surface area contributed by atoms with Crippen LogP contribution in [0.2, 0.25) is 5.15 Å². The van der Waals surface area contributed by atoms with E-state index in [1.54, 1.807) is 4.57 Å². The molecular weight excluding hydrogens is 329 g/mol. The van der Waals surface area contributed by atoms with Crippen LogP contribution >= 0.6 is 11.6 Å². The fourth-order valence-corrected chi connectivity index (χ4v) is 3.30. The maximum Gasteiger partial charge on any atom is 0.302 e. The molecule has 0 bridgehead atoms. The van der Waals surface area contributed by atoms with Crippen molar-refractivity contribution in [3.05, 3.63) is 11.5 Å². The summed E-state index contributed by atoms with van der Waals surface area (Å²) in [5.74, 6) is -0.824. The van der Waals surface area contributed by atoms with E-state index >= 15 is 0 Å². The molecule has 2 aromatic heterocycles. The average Bonchev–Trinajstić information content (AvgIpc) is 2.86. The van der Waals surface area contributed by atoms with Crippen molar-refractivity contribution in [2.75, 3.05) is 12.3 Å². The molecule has 0 aromatic carbocycles. The Balaban J connectivity index is 1.66. The summed E-state index contributed by atoms with van der Waals surface area (Å²) >= 11 is 5.99. The first-order valence-electron chi connectivity index (χ1n) is 7.03. The third-order valence-electron chi connectivity index (χ3n) is 4.28. The Kier molecular flexibility index (Phi) is 3.01. The Morgan fingerprint density at radius 3 is 3.17 bits per heavy atom. The molecule has 10 heteroatoms. The van der Waals surface area contributed by atoms with Crippen molar-refractivity contribution in [1.82, 2.24) is 19.5 Å². The third kappa shape index (κ3) is 2.14. The molecule has 0 amide bonds. The summed E-state index contributed by atoms with van der Waals surface area (Å²) in [5, 5.41) is 0.128. The van der Waals surface area contributed by atoms with Gasteiger partial charge in [-0.25, -0.2) is 9.37 Å². The van der Waals surface area contributed by atoms with E-state index in [0.29, 0.717) is 17.6 Å². The minimum Gasteiger partial charge on any atom is -0.463 e. The molecule has 4 rings (SSSR count). The zero-order valence-corrected chi connectivity index (χ0v) is 12.8. The van der Waals surface area contributed by atoms with Gasteiger partial charge in [0.15, 0.2) is 10.8 Å². The molecule has 8 nitrogen and oxygen atoms in total. The van der Waals surface area contributed by atoms with Crippen LogP contribution in [0, 0.1) is 5.92 Å². The number of imidazole rings is 1. The summed E-state index contributed by atoms with van der Waals surface area (Å²) in [6, 6.07) is 0. The number of rotatable bonds is 3. The molecule has 3 heterocycles. The van der Waals surface area contributed by atoms with Gasteiger partial charge < -0.3 is 15.2 Å². The van der Waals surface area contributed by atoms with E-state index in [-0.39, 0.29) is 23.6 Å². The summed E-state index contributed by atoms with van der Waals surface area (Å²) in [6.07, 6.45) is 0.393. The molecule has 2 aromatic rings. The molecule has 122 valence electrons. The van der Waals surface area contributed by atoms with Crippen molar-refractivity contribution in [1.29, 1.82) is 0 Å². The monoisotopic (exact) mass is 341 g/mol. The second-order valence-electron chi connectivity index (χ2n) is 5.75. The first kappa shape index (κ1) is 14.6. The fraction of sp³-hybridized carbons (Fsp3) is 0.538. The van der Waals surface area contributed by atoms with Crippen molar-refractivity contribution in [2.45, 2.75) is 31.3 Å².